The van der Waals surface area contributed by atoms with E-state index in [1.807, 2.05) is 0 Å². The zero-order valence-corrected chi connectivity index (χ0v) is 18.9. The fourth-order valence-electron chi connectivity index (χ4n) is 5.13. The summed E-state index contributed by atoms with van der Waals surface area (Å²) in [5, 5.41) is 10.9. The number of imide groups is 1. The van der Waals surface area contributed by atoms with Crippen molar-refractivity contribution < 1.29 is 23.8 Å². The van der Waals surface area contributed by atoms with Crippen molar-refractivity contribution >= 4 is 34.4 Å². The number of benzene rings is 2. The molecule has 0 unspecified atom stereocenters. The molecular formula is C24H23ClFN3O4. The molecule has 0 saturated carbocycles. The monoisotopic (exact) mass is 471 g/mol. The van der Waals surface area contributed by atoms with E-state index in [2.05, 4.69) is 4.98 Å². The van der Waals surface area contributed by atoms with E-state index in [1.165, 1.54) is 18.1 Å². The molecule has 1 fully saturated rings. The molecule has 5 rings (SSSR count). The molecule has 1 saturated heterocycles. The molecule has 2 aliphatic rings. The first-order valence-corrected chi connectivity index (χ1v) is 11.2. The number of urea groups is 1. The zero-order chi connectivity index (χ0) is 23.5. The number of aromatic nitrogens is 1. The topological polar surface area (TPSA) is 85.9 Å². The molecule has 7 nitrogen and oxygen atoms in total. The van der Waals surface area contributed by atoms with Gasteiger partial charge >= 0.3 is 6.03 Å². The van der Waals surface area contributed by atoms with E-state index in [-0.39, 0.29) is 30.4 Å². The smallest absolute Gasteiger partial charge is 0.328 e. The van der Waals surface area contributed by atoms with Gasteiger partial charge in [0, 0.05) is 41.5 Å². The SMILES string of the molecule is COc1cc2c3c([nH]c2cc1F)[C@@H](c1cccc(O)c1)N1C(=O)N(CCCCl)C(=O)[C@]1(C)C3. The molecule has 3 amide bonds. The van der Waals surface area contributed by atoms with E-state index in [0.717, 1.165) is 10.9 Å². The Kier molecular flexibility index (Phi) is 5.01. The first kappa shape index (κ1) is 21.6. The fourth-order valence-corrected chi connectivity index (χ4v) is 5.25. The lowest BCUT2D eigenvalue weighted by molar-refractivity contribution is -0.133. The lowest BCUT2D eigenvalue weighted by Gasteiger charge is -2.42. The lowest BCUT2D eigenvalue weighted by Crippen LogP contribution is -2.53. The van der Waals surface area contributed by atoms with Crippen molar-refractivity contribution in [3.8, 4) is 11.5 Å². The van der Waals surface area contributed by atoms with Crippen LogP contribution >= 0.6 is 11.6 Å². The number of phenolic OH excluding ortho intramolecular Hbond substituents is 1. The van der Waals surface area contributed by atoms with E-state index in [4.69, 9.17) is 16.3 Å². The number of hydrogen-bond donors (Lipinski definition) is 2. The molecule has 2 aromatic carbocycles. The maximum atomic E-state index is 14.4. The van der Waals surface area contributed by atoms with Crippen molar-refractivity contribution in [3.05, 3.63) is 59.0 Å². The Morgan fingerprint density at radius 1 is 1.30 bits per heavy atom. The molecule has 0 spiro atoms. The minimum Gasteiger partial charge on any atom is -0.508 e. The van der Waals surface area contributed by atoms with E-state index in [9.17, 15) is 19.1 Å². The molecule has 3 heterocycles. The molecule has 0 radical (unpaired) electrons. The summed E-state index contributed by atoms with van der Waals surface area (Å²) in [5.41, 5.74) is 1.54. The molecule has 33 heavy (non-hydrogen) atoms. The van der Waals surface area contributed by atoms with Gasteiger partial charge in [0.2, 0.25) is 0 Å². The molecule has 0 bridgehead atoms. The number of methoxy groups -OCH3 is 1. The van der Waals surface area contributed by atoms with Crippen LogP contribution in [-0.2, 0) is 11.2 Å². The Bertz CT molecular complexity index is 1290. The number of aromatic amines is 1. The highest BCUT2D eigenvalue weighted by molar-refractivity contribution is 6.18. The van der Waals surface area contributed by atoms with Crippen LogP contribution in [0.15, 0.2) is 36.4 Å². The van der Waals surface area contributed by atoms with Crippen molar-refractivity contribution in [2.24, 2.45) is 0 Å². The zero-order valence-electron chi connectivity index (χ0n) is 18.2. The second kappa shape index (κ2) is 7.66. The normalized spacial score (nSPS) is 22.1. The highest BCUT2D eigenvalue weighted by Gasteiger charge is 2.60. The summed E-state index contributed by atoms with van der Waals surface area (Å²) in [6.07, 6.45) is 0.749. The van der Waals surface area contributed by atoms with Crippen LogP contribution < -0.4 is 4.74 Å². The van der Waals surface area contributed by atoms with Crippen LogP contribution in [0.4, 0.5) is 9.18 Å². The summed E-state index contributed by atoms with van der Waals surface area (Å²) in [4.78, 5) is 33.2. The number of phenols is 1. The third-order valence-electron chi connectivity index (χ3n) is 6.64. The molecular weight excluding hydrogens is 449 g/mol. The number of aromatic hydroxyl groups is 1. The van der Waals surface area contributed by atoms with Crippen molar-refractivity contribution in [1.82, 2.24) is 14.8 Å². The maximum Gasteiger partial charge on any atom is 0.328 e. The Hall–Kier alpha value is -3.26. The van der Waals surface area contributed by atoms with E-state index >= 15 is 0 Å². The Labute approximate surface area is 194 Å². The third kappa shape index (κ3) is 3.08. The average Bonchev–Trinajstić information content (AvgIpc) is 3.21. The number of halogens is 2. The number of alkyl halides is 1. The largest absolute Gasteiger partial charge is 0.508 e. The number of rotatable bonds is 5. The second-order valence-electron chi connectivity index (χ2n) is 8.65. The first-order chi connectivity index (χ1) is 15.8. The molecule has 2 atom stereocenters. The van der Waals surface area contributed by atoms with Gasteiger partial charge in [-0.25, -0.2) is 9.18 Å². The van der Waals surface area contributed by atoms with E-state index < -0.39 is 23.4 Å². The molecule has 3 aromatic rings. The molecule has 0 aliphatic carbocycles. The van der Waals surface area contributed by atoms with Crippen molar-refractivity contribution in [1.29, 1.82) is 0 Å². The van der Waals surface area contributed by atoms with Crippen LogP contribution in [0.25, 0.3) is 10.9 Å². The minimum atomic E-state index is -1.15. The predicted octanol–water partition coefficient (Wildman–Crippen LogP) is 4.32. The van der Waals surface area contributed by atoms with Crippen LogP contribution in [0.5, 0.6) is 11.5 Å². The summed E-state index contributed by atoms with van der Waals surface area (Å²) in [7, 11) is 1.40. The molecule has 172 valence electrons. The lowest BCUT2D eigenvalue weighted by atomic mass is 9.81. The highest BCUT2D eigenvalue weighted by Crippen LogP contribution is 2.49. The van der Waals surface area contributed by atoms with Gasteiger partial charge in [-0.1, -0.05) is 12.1 Å². The van der Waals surface area contributed by atoms with Crippen molar-refractivity contribution in [2.45, 2.75) is 31.3 Å². The number of carbonyl (C=O) groups is 2. The molecule has 1 aromatic heterocycles. The predicted molar refractivity (Wildman–Crippen MR) is 121 cm³/mol. The first-order valence-electron chi connectivity index (χ1n) is 10.7. The number of fused-ring (bicyclic) bond motifs is 4. The summed E-state index contributed by atoms with van der Waals surface area (Å²) < 4.78 is 19.6. The fraction of sp³-hybridized carbons (Fsp3) is 0.333. The summed E-state index contributed by atoms with van der Waals surface area (Å²) in [6, 6.07) is 8.49. The highest BCUT2D eigenvalue weighted by atomic mass is 35.5. The van der Waals surface area contributed by atoms with Gasteiger partial charge < -0.3 is 14.8 Å². The van der Waals surface area contributed by atoms with Crippen molar-refractivity contribution in [2.75, 3.05) is 19.5 Å². The standard InChI is InChI=1S/C24H23ClFN3O4/c1-24-12-16-15-10-19(33-2)17(26)11-18(15)27-20(16)21(13-5-3-6-14(30)9-13)29(24)23(32)28(22(24)31)8-4-7-25/h3,5-6,9-11,21,27,30H,4,7-8,12H2,1-2H3/t21-,24+/m1/s1. The number of ether oxygens (including phenoxy) is 1. The molecule has 9 heteroatoms. The van der Waals surface area contributed by atoms with E-state index in [1.54, 1.807) is 42.2 Å². The number of H-pyrrole nitrogens is 1. The van der Waals surface area contributed by atoms with Gasteiger partial charge in [-0.15, -0.1) is 11.6 Å². The van der Waals surface area contributed by atoms with Gasteiger partial charge in [0.05, 0.1) is 7.11 Å². The quantitative estimate of drug-likeness (QED) is 0.428. The van der Waals surface area contributed by atoms with Crippen LogP contribution in [0.1, 0.15) is 36.2 Å². The Morgan fingerprint density at radius 2 is 2.09 bits per heavy atom. The number of hydrogen-bond acceptors (Lipinski definition) is 4. The van der Waals surface area contributed by atoms with Gasteiger partial charge in [0.1, 0.15) is 17.3 Å². The summed E-state index contributed by atoms with van der Waals surface area (Å²) >= 11 is 5.83. The maximum absolute atomic E-state index is 14.4. The van der Waals surface area contributed by atoms with Gasteiger partial charge in [-0.2, -0.15) is 0 Å². The number of nitrogens with one attached hydrogen (secondary N) is 1. The number of nitrogens with zero attached hydrogens (tertiary/aromatic N) is 2. The van der Waals surface area contributed by atoms with Gasteiger partial charge in [-0.3, -0.25) is 14.6 Å². The Morgan fingerprint density at radius 3 is 2.79 bits per heavy atom. The van der Waals surface area contributed by atoms with Gasteiger partial charge in [0.15, 0.2) is 11.6 Å². The van der Waals surface area contributed by atoms with Gasteiger partial charge in [0.25, 0.3) is 5.91 Å². The molecule has 2 aliphatic heterocycles. The second-order valence-corrected chi connectivity index (χ2v) is 9.03. The number of carbonyl (C=O) groups excluding carboxylic acids is 2. The third-order valence-corrected chi connectivity index (χ3v) is 6.91. The molecule has 2 N–H and O–H groups in total. The van der Waals surface area contributed by atoms with Crippen LogP contribution in [0, 0.1) is 5.82 Å². The van der Waals surface area contributed by atoms with Gasteiger partial charge in [-0.05, 0) is 42.7 Å². The van der Waals surface area contributed by atoms with Crippen LogP contribution in [0.2, 0.25) is 0 Å². The number of amides is 3. The Balaban J connectivity index is 1.76. The van der Waals surface area contributed by atoms with E-state index in [0.29, 0.717) is 29.1 Å². The summed E-state index contributed by atoms with van der Waals surface area (Å²) in [5.74, 6) is -0.329. The van der Waals surface area contributed by atoms with Crippen molar-refractivity contribution in [3.63, 3.8) is 0 Å². The minimum absolute atomic E-state index is 0.0436. The van der Waals surface area contributed by atoms with Crippen LogP contribution in [-0.4, -0.2) is 56.9 Å². The van der Waals surface area contributed by atoms with Crippen LogP contribution in [0.3, 0.4) is 0 Å². The summed E-state index contributed by atoms with van der Waals surface area (Å²) in [6.45, 7) is 1.99. The average molecular weight is 472 g/mol.